The van der Waals surface area contributed by atoms with Crippen LogP contribution in [0.2, 0.25) is 0 Å². The van der Waals surface area contributed by atoms with Gasteiger partial charge in [0.2, 0.25) is 0 Å². The Morgan fingerprint density at radius 3 is 1.40 bits per heavy atom. The molecule has 0 rings (SSSR count). The number of hydrogen-bond donors (Lipinski definition) is 5. The molecule has 0 heterocycles. The van der Waals surface area contributed by atoms with Gasteiger partial charge in [-0.2, -0.15) is 0 Å². The van der Waals surface area contributed by atoms with E-state index in [0.717, 1.165) is 0 Å². The highest BCUT2D eigenvalue weighted by Gasteiger charge is 2.41. The van der Waals surface area contributed by atoms with Gasteiger partial charge in [0.1, 0.15) is 49.0 Å². The standard InChI is InChI=1S/C19H34N2O9/c1-20(2,3)9-13(24)15(18(27)28)11(22)7-8-12(23)17(26)16(19(29)30)14(25)10-21(4,5)6/h12-16,23-25H,7-10H2,1-6H3/p+2. The summed E-state index contributed by atoms with van der Waals surface area (Å²) < 4.78 is 0.390. The van der Waals surface area contributed by atoms with Crippen LogP contribution in [0, 0.1) is 11.8 Å². The molecule has 0 radical (unpaired) electrons. The number of Topliss-reactive ketones (excluding diaryl/α,β-unsaturated/α-hetero) is 2. The Morgan fingerprint density at radius 2 is 1.07 bits per heavy atom. The second kappa shape index (κ2) is 10.9. The summed E-state index contributed by atoms with van der Waals surface area (Å²) in [4.78, 5) is 47.6. The van der Waals surface area contributed by atoms with Crippen LogP contribution in [0.4, 0.5) is 0 Å². The molecule has 0 amide bonds. The summed E-state index contributed by atoms with van der Waals surface area (Å²) in [6.07, 6.45) is -5.96. The lowest BCUT2D eigenvalue weighted by molar-refractivity contribution is -0.873. The van der Waals surface area contributed by atoms with Crippen molar-refractivity contribution in [1.82, 2.24) is 0 Å². The van der Waals surface area contributed by atoms with E-state index in [0.29, 0.717) is 0 Å². The van der Waals surface area contributed by atoms with Crippen molar-refractivity contribution in [2.75, 3.05) is 55.4 Å². The molecule has 0 spiro atoms. The summed E-state index contributed by atoms with van der Waals surface area (Å²) in [5.74, 6) is -8.78. The Hall–Kier alpha value is -1.92. The quantitative estimate of drug-likeness (QED) is 0.150. The highest BCUT2D eigenvalue weighted by molar-refractivity contribution is 6.02. The zero-order valence-corrected chi connectivity index (χ0v) is 18.5. The number of aliphatic hydroxyl groups excluding tert-OH is 3. The monoisotopic (exact) mass is 436 g/mol. The Labute approximate surface area is 176 Å². The molecule has 0 aliphatic rings. The molecule has 0 aromatic carbocycles. The molecule has 0 fully saturated rings. The minimum absolute atomic E-state index is 0.0114. The maximum absolute atomic E-state index is 12.4. The lowest BCUT2D eigenvalue weighted by Crippen LogP contribution is -2.50. The number of carbonyl (C=O) groups excluding carboxylic acids is 2. The van der Waals surface area contributed by atoms with Gasteiger partial charge in [0.15, 0.2) is 5.78 Å². The molecule has 0 bridgehead atoms. The van der Waals surface area contributed by atoms with Gasteiger partial charge in [-0.15, -0.1) is 0 Å². The van der Waals surface area contributed by atoms with Crippen LogP contribution in [0.25, 0.3) is 0 Å². The summed E-state index contributed by atoms with van der Waals surface area (Å²) in [7, 11) is 10.2. The van der Waals surface area contributed by atoms with E-state index < -0.39 is 66.5 Å². The molecule has 30 heavy (non-hydrogen) atoms. The number of carboxylic acids is 2. The van der Waals surface area contributed by atoms with Crippen LogP contribution in [0.1, 0.15) is 12.8 Å². The van der Waals surface area contributed by atoms with E-state index in [4.69, 9.17) is 0 Å². The first kappa shape index (κ1) is 28.1. The van der Waals surface area contributed by atoms with Gasteiger partial charge >= 0.3 is 11.9 Å². The van der Waals surface area contributed by atoms with Gasteiger partial charge in [0, 0.05) is 6.42 Å². The second-order valence-corrected chi connectivity index (χ2v) is 9.64. The summed E-state index contributed by atoms with van der Waals surface area (Å²) in [6.45, 7) is -0.0742. The van der Waals surface area contributed by atoms with E-state index in [1.807, 2.05) is 0 Å². The SMILES string of the molecule is C[N+](C)(C)CC(O)C(C(=O)O)C(=O)CCC(O)C(=O)C(C(=O)O)C(O)C[N+](C)(C)C. The third-order valence-corrected chi connectivity index (χ3v) is 4.42. The molecule has 0 aromatic heterocycles. The van der Waals surface area contributed by atoms with Crippen LogP contribution in [-0.2, 0) is 19.2 Å². The first-order valence-electron chi connectivity index (χ1n) is 9.54. The minimum atomic E-state index is -1.88. The molecular weight excluding hydrogens is 400 g/mol. The van der Waals surface area contributed by atoms with E-state index in [-0.39, 0.29) is 22.1 Å². The zero-order valence-electron chi connectivity index (χ0n) is 18.5. The molecule has 0 aromatic rings. The highest BCUT2D eigenvalue weighted by atomic mass is 16.4. The molecule has 5 unspecified atom stereocenters. The largest absolute Gasteiger partial charge is 0.481 e. The van der Waals surface area contributed by atoms with Gasteiger partial charge in [0.25, 0.3) is 0 Å². The fourth-order valence-electron chi connectivity index (χ4n) is 3.11. The van der Waals surface area contributed by atoms with Crippen LogP contribution in [0.3, 0.4) is 0 Å². The van der Waals surface area contributed by atoms with Gasteiger partial charge in [-0.1, -0.05) is 0 Å². The Balaban J connectivity index is 5.19. The van der Waals surface area contributed by atoms with Gasteiger partial charge < -0.3 is 34.5 Å². The van der Waals surface area contributed by atoms with Crippen molar-refractivity contribution in [2.24, 2.45) is 11.8 Å². The molecule has 0 saturated heterocycles. The van der Waals surface area contributed by atoms with Gasteiger partial charge in [-0.25, -0.2) is 0 Å². The topological polar surface area (TPSA) is 169 Å². The van der Waals surface area contributed by atoms with E-state index in [2.05, 4.69) is 0 Å². The third kappa shape index (κ3) is 9.72. The predicted octanol–water partition coefficient (Wildman–Crippen LogP) is -2.20. The smallest absolute Gasteiger partial charge is 0.317 e. The van der Waals surface area contributed by atoms with Crippen molar-refractivity contribution in [1.29, 1.82) is 0 Å². The highest BCUT2D eigenvalue weighted by Crippen LogP contribution is 2.17. The van der Waals surface area contributed by atoms with Crippen molar-refractivity contribution in [3.63, 3.8) is 0 Å². The molecule has 174 valence electrons. The fraction of sp³-hybridized carbons (Fsp3) is 0.789. The number of carbonyl (C=O) groups is 4. The van der Waals surface area contributed by atoms with Gasteiger partial charge in [0.05, 0.1) is 42.3 Å². The lowest BCUT2D eigenvalue weighted by atomic mass is 9.88. The van der Waals surface area contributed by atoms with E-state index in [9.17, 15) is 44.7 Å². The molecule has 11 heteroatoms. The fourth-order valence-corrected chi connectivity index (χ4v) is 3.11. The van der Waals surface area contributed by atoms with Crippen LogP contribution in [0.5, 0.6) is 0 Å². The normalized spacial score (nSPS) is 17.5. The predicted molar refractivity (Wildman–Crippen MR) is 105 cm³/mol. The third-order valence-electron chi connectivity index (χ3n) is 4.42. The number of nitrogens with zero attached hydrogens (tertiary/aromatic N) is 2. The van der Waals surface area contributed by atoms with Crippen molar-refractivity contribution in [3.05, 3.63) is 0 Å². The van der Waals surface area contributed by atoms with Crippen LogP contribution >= 0.6 is 0 Å². The molecule has 5 N–H and O–H groups in total. The number of ketones is 2. The summed E-state index contributed by atoms with van der Waals surface area (Å²) in [5.41, 5.74) is 0. The number of rotatable bonds is 14. The van der Waals surface area contributed by atoms with Crippen molar-refractivity contribution >= 4 is 23.5 Å². The average molecular weight is 437 g/mol. The van der Waals surface area contributed by atoms with Gasteiger partial charge in [-0.05, 0) is 6.42 Å². The van der Waals surface area contributed by atoms with Gasteiger partial charge in [-0.3, -0.25) is 19.2 Å². The van der Waals surface area contributed by atoms with Crippen molar-refractivity contribution in [2.45, 2.75) is 31.2 Å². The van der Waals surface area contributed by atoms with Crippen LogP contribution in [-0.4, -0.2) is 132 Å². The number of carboxylic acid groups (broad SMARTS) is 2. The number of likely N-dealkylation sites (N-methyl/N-ethyl adjacent to an activating group) is 2. The molecular formula is C19H36N2O9+2. The molecule has 11 nitrogen and oxygen atoms in total. The average Bonchev–Trinajstić information content (AvgIpc) is 2.48. The van der Waals surface area contributed by atoms with Crippen LogP contribution in [0.15, 0.2) is 0 Å². The van der Waals surface area contributed by atoms with Crippen molar-refractivity contribution < 1.29 is 53.7 Å². The maximum atomic E-state index is 12.4. The Kier molecular flexibility index (Phi) is 10.2. The number of aliphatic hydroxyl groups is 3. The summed E-state index contributed by atoms with van der Waals surface area (Å²) in [5, 5.41) is 49.0. The van der Waals surface area contributed by atoms with E-state index in [1.54, 1.807) is 42.3 Å². The van der Waals surface area contributed by atoms with Crippen LogP contribution < -0.4 is 0 Å². The maximum Gasteiger partial charge on any atom is 0.317 e. The Morgan fingerprint density at radius 1 is 0.700 bits per heavy atom. The van der Waals surface area contributed by atoms with E-state index >= 15 is 0 Å². The Bertz CT molecular complexity index is 637. The summed E-state index contributed by atoms with van der Waals surface area (Å²) >= 11 is 0. The molecule has 0 aliphatic heterocycles. The first-order chi connectivity index (χ1) is 13.4. The summed E-state index contributed by atoms with van der Waals surface area (Å²) in [6, 6.07) is 0. The number of quaternary nitrogens is 2. The molecule has 5 atom stereocenters. The lowest BCUT2D eigenvalue weighted by Gasteiger charge is -2.29. The molecule has 0 aliphatic carbocycles. The number of aliphatic carboxylic acids is 2. The van der Waals surface area contributed by atoms with Crippen molar-refractivity contribution in [3.8, 4) is 0 Å². The van der Waals surface area contributed by atoms with E-state index in [1.165, 1.54) is 0 Å². The number of hydrogen-bond acceptors (Lipinski definition) is 7. The molecule has 0 saturated carbocycles. The zero-order chi connectivity index (χ0) is 24.0. The first-order valence-corrected chi connectivity index (χ1v) is 9.54. The second-order valence-electron chi connectivity index (χ2n) is 9.64. The minimum Gasteiger partial charge on any atom is -0.481 e.